The highest BCUT2D eigenvalue weighted by Crippen LogP contribution is 2.39. The van der Waals surface area contributed by atoms with Gasteiger partial charge in [-0.3, -0.25) is 13.9 Å². The first-order chi connectivity index (χ1) is 18.2. The third kappa shape index (κ3) is 6.18. The molecule has 4 rings (SSSR count). The normalized spacial score (nSPS) is 18.3. The Bertz CT molecular complexity index is 1350. The van der Waals surface area contributed by atoms with Crippen LogP contribution in [0, 0.1) is 12.3 Å². The highest BCUT2D eigenvalue weighted by molar-refractivity contribution is 7.92. The van der Waals surface area contributed by atoms with Gasteiger partial charge in [0.25, 0.3) is 10.0 Å². The number of rotatable bonds is 8. The molecule has 1 amide bonds. The number of halogens is 2. The van der Waals surface area contributed by atoms with Crippen molar-refractivity contribution in [2.75, 3.05) is 23.9 Å². The summed E-state index contributed by atoms with van der Waals surface area (Å²) in [5.41, 5.74) is 0.278. The molecule has 2 aliphatic heterocycles. The van der Waals surface area contributed by atoms with Gasteiger partial charge < -0.3 is 14.4 Å². The van der Waals surface area contributed by atoms with Crippen molar-refractivity contribution in [1.82, 2.24) is 14.7 Å². The van der Waals surface area contributed by atoms with Gasteiger partial charge in [0.15, 0.2) is 0 Å². The maximum atomic E-state index is 13.8. The van der Waals surface area contributed by atoms with Gasteiger partial charge in [-0.1, -0.05) is 26.8 Å². The number of benzene rings is 1. The summed E-state index contributed by atoms with van der Waals surface area (Å²) in [4.78, 5) is 26.5. The molecule has 214 valence electrons. The van der Waals surface area contributed by atoms with E-state index >= 15 is 0 Å². The SMILES string of the molecule is Cc1nn(C(F)F)cc1S(=O)(=O)N1C[C@H](CC(=O)N2CCC2)Oc2ccc(CC(=O)OC(C)C(C)(C)C)cc21. The van der Waals surface area contributed by atoms with Crippen molar-refractivity contribution >= 4 is 27.6 Å². The second-order valence-electron chi connectivity index (χ2n) is 11.0. The molecule has 1 aromatic heterocycles. The first kappa shape index (κ1) is 28.8. The molecule has 0 saturated carbocycles. The highest BCUT2D eigenvalue weighted by Gasteiger charge is 2.38. The average molecular weight is 569 g/mol. The van der Waals surface area contributed by atoms with E-state index in [1.807, 2.05) is 20.8 Å². The maximum absolute atomic E-state index is 13.8. The molecule has 1 unspecified atom stereocenters. The molecule has 0 spiro atoms. The standard InChI is InChI=1S/C26H34F2N4O6S/c1-16-22(15-31(29-16)25(27)28)39(35,36)32-14-19(13-23(33)30-9-6-10-30)38-21-8-7-18(11-20(21)32)12-24(34)37-17(2)26(3,4)5/h7-8,11,15,17,19,25H,6,9-10,12-14H2,1-5H3/t17?,19-/m0/s1. The fraction of sp³-hybridized carbons (Fsp3) is 0.577. The Hall–Kier alpha value is -3.22. The van der Waals surface area contributed by atoms with E-state index in [0.29, 0.717) is 18.7 Å². The molecule has 0 N–H and O–H groups in total. The zero-order valence-corrected chi connectivity index (χ0v) is 23.5. The van der Waals surface area contributed by atoms with Crippen LogP contribution in [-0.4, -0.2) is 66.8 Å². The van der Waals surface area contributed by atoms with Gasteiger partial charge in [-0.15, -0.1) is 0 Å². The Labute approximate surface area is 226 Å². The lowest BCUT2D eigenvalue weighted by molar-refractivity contribution is -0.152. The third-order valence-electron chi connectivity index (χ3n) is 7.08. The number of anilines is 1. The molecular formula is C26H34F2N4O6S. The number of amides is 1. The predicted molar refractivity (Wildman–Crippen MR) is 138 cm³/mol. The lowest BCUT2D eigenvalue weighted by Gasteiger charge is -2.37. The van der Waals surface area contributed by atoms with E-state index in [-0.39, 0.29) is 63.5 Å². The summed E-state index contributed by atoms with van der Waals surface area (Å²) in [6.45, 7) is 7.04. The van der Waals surface area contributed by atoms with E-state index < -0.39 is 28.6 Å². The summed E-state index contributed by atoms with van der Waals surface area (Å²) < 4.78 is 67.1. The van der Waals surface area contributed by atoms with Crippen LogP contribution in [0.4, 0.5) is 14.5 Å². The molecule has 2 aliphatic rings. The van der Waals surface area contributed by atoms with Gasteiger partial charge in [-0.2, -0.15) is 13.9 Å². The van der Waals surface area contributed by atoms with E-state index in [1.165, 1.54) is 13.0 Å². The number of ether oxygens (including phenoxy) is 2. The molecule has 10 nitrogen and oxygen atoms in total. The van der Waals surface area contributed by atoms with Crippen LogP contribution in [0.3, 0.4) is 0 Å². The van der Waals surface area contributed by atoms with Gasteiger partial charge in [0, 0.05) is 13.1 Å². The fourth-order valence-electron chi connectivity index (χ4n) is 4.21. The van der Waals surface area contributed by atoms with Gasteiger partial charge in [-0.25, -0.2) is 13.1 Å². The van der Waals surface area contributed by atoms with Gasteiger partial charge in [0.2, 0.25) is 5.91 Å². The van der Waals surface area contributed by atoms with Crippen molar-refractivity contribution in [1.29, 1.82) is 0 Å². The van der Waals surface area contributed by atoms with E-state index in [4.69, 9.17) is 9.47 Å². The second kappa shape index (κ2) is 10.7. The number of esters is 1. The third-order valence-corrected chi connectivity index (χ3v) is 8.96. The van der Waals surface area contributed by atoms with E-state index in [1.54, 1.807) is 24.0 Å². The number of aryl methyl sites for hydroxylation is 1. The zero-order valence-electron chi connectivity index (χ0n) is 22.7. The minimum absolute atomic E-state index is 0.0422. The zero-order chi connectivity index (χ0) is 28.7. The van der Waals surface area contributed by atoms with Crippen LogP contribution < -0.4 is 9.04 Å². The quantitative estimate of drug-likeness (QED) is 0.447. The fourth-order valence-corrected chi connectivity index (χ4v) is 5.87. The molecule has 13 heteroatoms. The number of sulfonamides is 1. The molecular weight excluding hydrogens is 534 g/mol. The summed E-state index contributed by atoms with van der Waals surface area (Å²) in [5, 5.41) is 3.65. The first-order valence-electron chi connectivity index (χ1n) is 12.8. The number of likely N-dealkylation sites (tertiary alicyclic amines) is 1. The topological polar surface area (TPSA) is 111 Å². The average Bonchev–Trinajstić information content (AvgIpc) is 3.19. The van der Waals surface area contributed by atoms with E-state index in [2.05, 4.69) is 5.10 Å². The Kier molecular flexibility index (Phi) is 7.93. The van der Waals surface area contributed by atoms with Gasteiger partial charge in [0.1, 0.15) is 22.9 Å². The highest BCUT2D eigenvalue weighted by atomic mass is 32.2. The number of alkyl halides is 2. The smallest absolute Gasteiger partial charge is 0.333 e. The number of hydrogen-bond donors (Lipinski definition) is 0. The largest absolute Gasteiger partial charge is 0.486 e. The Morgan fingerprint density at radius 2 is 1.92 bits per heavy atom. The summed E-state index contributed by atoms with van der Waals surface area (Å²) >= 11 is 0. The molecule has 2 atom stereocenters. The van der Waals surface area contributed by atoms with Crippen molar-refractivity contribution in [3.8, 4) is 5.75 Å². The first-order valence-corrected chi connectivity index (χ1v) is 14.2. The number of hydrogen-bond acceptors (Lipinski definition) is 7. The number of carbonyl (C=O) groups is 2. The summed E-state index contributed by atoms with van der Waals surface area (Å²) in [6.07, 6.45) is 0.407. The van der Waals surface area contributed by atoms with Crippen molar-refractivity contribution in [3.05, 3.63) is 35.7 Å². The molecule has 1 saturated heterocycles. The van der Waals surface area contributed by atoms with Gasteiger partial charge >= 0.3 is 12.5 Å². The lowest BCUT2D eigenvalue weighted by atomic mass is 9.90. The number of nitrogens with zero attached hydrogens (tertiary/aromatic N) is 4. The molecule has 2 aromatic rings. The maximum Gasteiger partial charge on any atom is 0.333 e. The van der Waals surface area contributed by atoms with Crippen LogP contribution >= 0.6 is 0 Å². The predicted octanol–water partition coefficient (Wildman–Crippen LogP) is 3.69. The molecule has 1 fully saturated rings. The number of aromatic nitrogens is 2. The molecule has 0 bridgehead atoms. The van der Waals surface area contributed by atoms with E-state index in [0.717, 1.165) is 16.9 Å². The van der Waals surface area contributed by atoms with Crippen molar-refractivity contribution in [3.63, 3.8) is 0 Å². The molecule has 39 heavy (non-hydrogen) atoms. The Morgan fingerprint density at radius 1 is 1.23 bits per heavy atom. The van der Waals surface area contributed by atoms with Crippen molar-refractivity contribution < 1.29 is 36.3 Å². The number of fused-ring (bicyclic) bond motifs is 1. The van der Waals surface area contributed by atoms with Crippen LogP contribution in [-0.2, 0) is 30.8 Å². The molecule has 3 heterocycles. The number of carbonyl (C=O) groups excluding carboxylic acids is 2. The second-order valence-corrected chi connectivity index (χ2v) is 12.9. The lowest BCUT2D eigenvalue weighted by Crippen LogP contribution is -2.48. The van der Waals surface area contributed by atoms with Crippen LogP contribution in [0.2, 0.25) is 0 Å². The van der Waals surface area contributed by atoms with Gasteiger partial charge in [-0.05, 0) is 43.4 Å². The van der Waals surface area contributed by atoms with Crippen LogP contribution in [0.5, 0.6) is 5.75 Å². The van der Waals surface area contributed by atoms with Crippen LogP contribution in [0.25, 0.3) is 0 Å². The van der Waals surface area contributed by atoms with E-state index in [9.17, 15) is 26.8 Å². The van der Waals surface area contributed by atoms with Crippen molar-refractivity contribution in [2.45, 2.75) is 77.5 Å². The minimum atomic E-state index is -4.39. The summed E-state index contributed by atoms with van der Waals surface area (Å²) in [6, 6.07) is 4.69. The molecule has 0 radical (unpaired) electrons. The van der Waals surface area contributed by atoms with Crippen molar-refractivity contribution in [2.24, 2.45) is 5.41 Å². The molecule has 1 aromatic carbocycles. The monoisotopic (exact) mass is 568 g/mol. The molecule has 0 aliphatic carbocycles. The van der Waals surface area contributed by atoms with Gasteiger partial charge in [0.05, 0.1) is 37.0 Å². The van der Waals surface area contributed by atoms with Crippen LogP contribution in [0.1, 0.15) is 58.3 Å². The Balaban J connectivity index is 1.66. The minimum Gasteiger partial charge on any atom is -0.486 e. The summed E-state index contributed by atoms with van der Waals surface area (Å²) in [5.74, 6) is -0.429. The summed E-state index contributed by atoms with van der Waals surface area (Å²) in [7, 11) is -4.39. The Morgan fingerprint density at radius 3 is 2.49 bits per heavy atom. The van der Waals surface area contributed by atoms with Crippen LogP contribution in [0.15, 0.2) is 29.3 Å².